The fraction of sp³-hybridized carbons (Fsp3) is 0.727. The third kappa shape index (κ3) is 12.6. The smallest absolute Gasteiger partial charge is 0.339 e. The average molecular weight is 547 g/mol. The highest BCUT2D eigenvalue weighted by Crippen LogP contribution is 2.23. The molecule has 0 heterocycles. The van der Waals surface area contributed by atoms with Crippen molar-refractivity contribution >= 4 is 17.9 Å². The van der Waals surface area contributed by atoms with Crippen LogP contribution in [0.1, 0.15) is 150 Å². The third-order valence-corrected chi connectivity index (χ3v) is 7.69. The van der Waals surface area contributed by atoms with E-state index in [0.29, 0.717) is 0 Å². The number of carbonyl (C=O) groups excluding carboxylic acids is 3. The van der Waals surface area contributed by atoms with E-state index < -0.39 is 17.9 Å². The topological polar surface area (TPSA) is 78.9 Å². The predicted molar refractivity (Wildman–Crippen MR) is 157 cm³/mol. The summed E-state index contributed by atoms with van der Waals surface area (Å²) in [5.41, 5.74) is 0.0555. The van der Waals surface area contributed by atoms with Gasteiger partial charge in [-0.1, -0.05) is 105 Å². The molecule has 0 bridgehead atoms. The van der Waals surface area contributed by atoms with Crippen LogP contribution in [0.4, 0.5) is 0 Å². The molecule has 6 heteroatoms. The molecule has 0 aliphatic rings. The quantitative estimate of drug-likeness (QED) is 0.113. The molecule has 0 aliphatic heterocycles. The van der Waals surface area contributed by atoms with Crippen LogP contribution in [0.5, 0.6) is 0 Å². The van der Waals surface area contributed by atoms with Crippen molar-refractivity contribution in [2.24, 2.45) is 17.8 Å². The maximum absolute atomic E-state index is 13.4. The maximum atomic E-state index is 13.4. The molecule has 0 saturated carbocycles. The van der Waals surface area contributed by atoms with Gasteiger partial charge in [-0.05, 0) is 49.1 Å². The molecule has 6 nitrogen and oxygen atoms in total. The van der Waals surface area contributed by atoms with Gasteiger partial charge in [-0.15, -0.1) is 0 Å². The number of unbranched alkanes of at least 4 members (excludes halogenated alkanes) is 3. The summed E-state index contributed by atoms with van der Waals surface area (Å²) in [4.78, 5) is 39.9. The fourth-order valence-corrected chi connectivity index (χ4v) is 4.62. The first-order valence-electron chi connectivity index (χ1n) is 15.5. The zero-order valence-electron chi connectivity index (χ0n) is 25.5. The van der Waals surface area contributed by atoms with Crippen molar-refractivity contribution in [2.45, 2.75) is 119 Å². The highest BCUT2D eigenvalue weighted by atomic mass is 16.5. The second-order valence-corrected chi connectivity index (χ2v) is 10.8. The summed E-state index contributed by atoms with van der Waals surface area (Å²) in [7, 11) is 0. The molecular weight excluding hydrogens is 492 g/mol. The molecule has 1 rings (SSSR count). The fourth-order valence-electron chi connectivity index (χ4n) is 4.62. The highest BCUT2D eigenvalue weighted by molar-refractivity contribution is 6.10. The van der Waals surface area contributed by atoms with Gasteiger partial charge in [0, 0.05) is 0 Å². The lowest BCUT2D eigenvalue weighted by Crippen LogP contribution is -2.23. The van der Waals surface area contributed by atoms with Crippen molar-refractivity contribution in [2.75, 3.05) is 19.8 Å². The van der Waals surface area contributed by atoms with Crippen LogP contribution in [0.15, 0.2) is 18.2 Å². The van der Waals surface area contributed by atoms with Gasteiger partial charge in [-0.2, -0.15) is 0 Å². The van der Waals surface area contributed by atoms with Crippen LogP contribution >= 0.6 is 0 Å². The van der Waals surface area contributed by atoms with Crippen molar-refractivity contribution in [3.05, 3.63) is 34.9 Å². The van der Waals surface area contributed by atoms with Gasteiger partial charge < -0.3 is 14.2 Å². The summed E-state index contributed by atoms with van der Waals surface area (Å²) in [6.45, 7) is 13.5. The Morgan fingerprint density at radius 2 is 0.897 bits per heavy atom. The minimum absolute atomic E-state index is 0.0546. The van der Waals surface area contributed by atoms with E-state index >= 15 is 0 Å². The van der Waals surface area contributed by atoms with Crippen LogP contribution in [0, 0.1) is 17.8 Å². The zero-order valence-corrected chi connectivity index (χ0v) is 25.5. The Morgan fingerprint density at radius 1 is 0.564 bits per heavy atom. The monoisotopic (exact) mass is 546 g/mol. The van der Waals surface area contributed by atoms with Crippen LogP contribution in [0.25, 0.3) is 0 Å². The molecule has 3 unspecified atom stereocenters. The van der Waals surface area contributed by atoms with Crippen molar-refractivity contribution in [1.29, 1.82) is 0 Å². The molecule has 0 radical (unpaired) electrons. The summed E-state index contributed by atoms with van der Waals surface area (Å²) >= 11 is 0. The Hall–Kier alpha value is -2.37. The molecule has 3 atom stereocenters. The van der Waals surface area contributed by atoms with Crippen molar-refractivity contribution in [1.82, 2.24) is 0 Å². The molecule has 0 N–H and O–H groups in total. The van der Waals surface area contributed by atoms with E-state index in [-0.39, 0.29) is 54.3 Å². The lowest BCUT2D eigenvalue weighted by Gasteiger charge is -2.19. The first kappa shape index (κ1) is 34.7. The van der Waals surface area contributed by atoms with Crippen LogP contribution in [0.3, 0.4) is 0 Å². The first-order chi connectivity index (χ1) is 18.9. The van der Waals surface area contributed by atoms with Crippen molar-refractivity contribution < 1.29 is 28.6 Å². The minimum atomic E-state index is -0.680. The lowest BCUT2D eigenvalue weighted by molar-refractivity contribution is 0.0361. The van der Waals surface area contributed by atoms with Gasteiger partial charge in [0.25, 0.3) is 0 Å². The van der Waals surface area contributed by atoms with Crippen LogP contribution < -0.4 is 0 Å². The number of esters is 3. The second kappa shape index (κ2) is 20.5. The van der Waals surface area contributed by atoms with Gasteiger partial charge in [0.15, 0.2) is 0 Å². The van der Waals surface area contributed by atoms with Gasteiger partial charge >= 0.3 is 17.9 Å². The Kier molecular flexibility index (Phi) is 18.2. The lowest BCUT2D eigenvalue weighted by atomic mass is 9.98. The number of hydrogen-bond acceptors (Lipinski definition) is 6. The van der Waals surface area contributed by atoms with Gasteiger partial charge in [0.05, 0.1) is 36.5 Å². The standard InChI is InChI=1S/C33H54O6/c1-7-13-17-25(10-4)22-37-31(34)28-20-16-21-29(32(35)38-23-26(11-5)18-14-8-2)30(28)33(36)39-24-27(12-6)19-15-9-3/h16,20-21,25-27H,7-15,17-19,22-24H2,1-6H3. The number of rotatable bonds is 21. The van der Waals surface area contributed by atoms with Crippen LogP contribution in [0.2, 0.25) is 0 Å². The molecule has 0 spiro atoms. The Labute approximate surface area is 237 Å². The van der Waals surface area contributed by atoms with E-state index in [1.807, 2.05) is 0 Å². The summed E-state index contributed by atoms with van der Waals surface area (Å²) < 4.78 is 17.0. The largest absolute Gasteiger partial charge is 0.462 e. The molecule has 0 fully saturated rings. The molecule has 0 saturated heterocycles. The minimum Gasteiger partial charge on any atom is -0.462 e. The van der Waals surface area contributed by atoms with Gasteiger partial charge in [0.1, 0.15) is 0 Å². The van der Waals surface area contributed by atoms with E-state index in [1.165, 1.54) is 12.1 Å². The summed E-state index contributed by atoms with van der Waals surface area (Å²) in [5, 5.41) is 0. The van der Waals surface area contributed by atoms with E-state index in [4.69, 9.17) is 14.2 Å². The highest BCUT2D eigenvalue weighted by Gasteiger charge is 2.28. The van der Waals surface area contributed by atoms with Crippen molar-refractivity contribution in [3.8, 4) is 0 Å². The Morgan fingerprint density at radius 3 is 1.21 bits per heavy atom. The molecule has 39 heavy (non-hydrogen) atoms. The van der Waals surface area contributed by atoms with E-state index in [2.05, 4.69) is 41.5 Å². The van der Waals surface area contributed by atoms with Crippen molar-refractivity contribution in [3.63, 3.8) is 0 Å². The van der Waals surface area contributed by atoms with E-state index in [0.717, 1.165) is 77.0 Å². The maximum Gasteiger partial charge on any atom is 0.339 e. The summed E-state index contributed by atoms with van der Waals surface area (Å²) in [6.07, 6.45) is 12.1. The molecule has 0 aromatic heterocycles. The third-order valence-electron chi connectivity index (χ3n) is 7.69. The molecule has 0 amide bonds. The normalized spacial score (nSPS) is 13.4. The summed E-state index contributed by atoms with van der Waals surface area (Å²) in [5.74, 6) is -1.15. The second-order valence-electron chi connectivity index (χ2n) is 10.8. The van der Waals surface area contributed by atoms with Gasteiger partial charge in [-0.25, -0.2) is 14.4 Å². The average Bonchev–Trinajstić information content (AvgIpc) is 2.96. The summed E-state index contributed by atoms with van der Waals surface area (Å²) in [6, 6.07) is 4.67. The molecule has 1 aromatic carbocycles. The zero-order chi connectivity index (χ0) is 29.0. The van der Waals surface area contributed by atoms with E-state index in [9.17, 15) is 14.4 Å². The van der Waals surface area contributed by atoms with E-state index in [1.54, 1.807) is 6.07 Å². The molecule has 1 aromatic rings. The Balaban J connectivity index is 3.20. The molecule has 0 aliphatic carbocycles. The molecule has 222 valence electrons. The van der Waals surface area contributed by atoms with Crippen LogP contribution in [-0.2, 0) is 14.2 Å². The number of hydrogen-bond donors (Lipinski definition) is 0. The first-order valence-corrected chi connectivity index (χ1v) is 15.5. The van der Waals surface area contributed by atoms with Crippen LogP contribution in [-0.4, -0.2) is 37.7 Å². The number of ether oxygens (including phenoxy) is 3. The SMILES string of the molecule is CCCCC(CC)COC(=O)c1cccc(C(=O)OCC(CC)CCCC)c1C(=O)OCC(CC)CCCC. The Bertz CT molecular complexity index is 798. The predicted octanol–water partition coefficient (Wildman–Crippen LogP) is 8.81. The van der Waals surface area contributed by atoms with Gasteiger partial charge in [0.2, 0.25) is 0 Å². The molecular formula is C33H54O6. The number of benzene rings is 1. The van der Waals surface area contributed by atoms with Gasteiger partial charge in [-0.3, -0.25) is 0 Å². The number of carbonyl (C=O) groups is 3.